The summed E-state index contributed by atoms with van der Waals surface area (Å²) in [6.07, 6.45) is 0.0335. The molecule has 4 unspecified atom stereocenters. The molecule has 19 heavy (non-hydrogen) atoms. The minimum absolute atomic E-state index is 0.00902. The summed E-state index contributed by atoms with van der Waals surface area (Å²) in [5.74, 6) is -0.849. The van der Waals surface area contributed by atoms with E-state index in [4.69, 9.17) is 23.7 Å². The Kier molecular flexibility index (Phi) is 3.17. The van der Waals surface area contributed by atoms with Crippen LogP contribution in [0.5, 0.6) is 0 Å². The van der Waals surface area contributed by atoms with Gasteiger partial charge in [0.1, 0.15) is 12.2 Å². The van der Waals surface area contributed by atoms with Gasteiger partial charge in [-0.05, 0) is 6.42 Å². The van der Waals surface area contributed by atoms with Crippen molar-refractivity contribution in [3.63, 3.8) is 0 Å². The predicted octanol–water partition coefficient (Wildman–Crippen LogP) is 0.234. The molecule has 3 aliphatic heterocycles. The third-order valence-electron chi connectivity index (χ3n) is 4.05. The van der Waals surface area contributed by atoms with Crippen LogP contribution < -0.4 is 5.32 Å². The highest BCUT2D eigenvalue weighted by Gasteiger charge is 2.63. The molecule has 1 N–H and O–H groups in total. The molecule has 0 spiro atoms. The van der Waals surface area contributed by atoms with Crippen molar-refractivity contribution in [2.45, 2.75) is 43.7 Å². The van der Waals surface area contributed by atoms with Crippen LogP contribution in [0.25, 0.3) is 0 Å². The molecule has 3 saturated heterocycles. The van der Waals surface area contributed by atoms with Crippen LogP contribution in [-0.2, 0) is 23.7 Å². The summed E-state index contributed by atoms with van der Waals surface area (Å²) in [5, 5.41) is 2.42. The summed E-state index contributed by atoms with van der Waals surface area (Å²) in [6.45, 7) is 2.08. The molecule has 0 aromatic carbocycles. The lowest BCUT2D eigenvalue weighted by Crippen LogP contribution is -2.41. The van der Waals surface area contributed by atoms with Crippen LogP contribution in [0.1, 0.15) is 13.3 Å². The van der Waals surface area contributed by atoms with Gasteiger partial charge in [-0.1, -0.05) is 0 Å². The number of amides is 1. The zero-order valence-corrected chi connectivity index (χ0v) is 11.3. The second-order valence-electron chi connectivity index (χ2n) is 5.21. The van der Waals surface area contributed by atoms with Crippen LogP contribution in [0, 0.1) is 5.92 Å². The zero-order chi connectivity index (χ0) is 13.6. The first-order valence-electron chi connectivity index (χ1n) is 6.47. The second-order valence-corrected chi connectivity index (χ2v) is 5.21. The molecule has 1 amide bonds. The third kappa shape index (κ3) is 2.10. The molecule has 3 heterocycles. The lowest BCUT2D eigenvalue weighted by molar-refractivity contribution is -0.329. The van der Waals surface area contributed by atoms with E-state index in [1.807, 2.05) is 0 Å². The molecular weight excluding hydrogens is 254 g/mol. The van der Waals surface area contributed by atoms with E-state index in [2.05, 4.69) is 5.32 Å². The molecule has 0 aromatic heterocycles. The molecule has 6 atom stereocenters. The summed E-state index contributed by atoms with van der Waals surface area (Å²) >= 11 is 0. The van der Waals surface area contributed by atoms with Gasteiger partial charge in [-0.25, -0.2) is 4.79 Å². The fourth-order valence-electron chi connectivity index (χ4n) is 3.07. The number of methoxy groups -OCH3 is 1. The van der Waals surface area contributed by atoms with Gasteiger partial charge < -0.3 is 29.0 Å². The van der Waals surface area contributed by atoms with Gasteiger partial charge in [0.2, 0.25) is 0 Å². The summed E-state index contributed by atoms with van der Waals surface area (Å²) in [4.78, 5) is 11.1. The fraction of sp³-hybridized carbons (Fsp3) is 0.917. The molecule has 2 bridgehead atoms. The van der Waals surface area contributed by atoms with Crippen molar-refractivity contribution in [2.24, 2.45) is 5.92 Å². The van der Waals surface area contributed by atoms with E-state index in [-0.39, 0.29) is 30.3 Å². The smallest absolute Gasteiger partial charge is 0.406 e. The minimum Gasteiger partial charge on any atom is -0.449 e. The Hall–Kier alpha value is -0.890. The number of hydrogen-bond acceptors (Lipinski definition) is 6. The highest BCUT2D eigenvalue weighted by atomic mass is 16.9. The van der Waals surface area contributed by atoms with E-state index in [1.165, 1.54) is 7.05 Å². The van der Waals surface area contributed by atoms with Crippen LogP contribution in [0.4, 0.5) is 4.79 Å². The van der Waals surface area contributed by atoms with Crippen LogP contribution in [0.15, 0.2) is 0 Å². The highest BCUT2D eigenvalue weighted by molar-refractivity contribution is 5.66. The number of carbonyl (C=O) groups excluding carboxylic acids is 1. The summed E-state index contributed by atoms with van der Waals surface area (Å²) < 4.78 is 27.7. The Morgan fingerprint density at radius 2 is 2.11 bits per heavy atom. The number of carbonyl (C=O) groups is 1. The van der Waals surface area contributed by atoms with Gasteiger partial charge >= 0.3 is 6.09 Å². The van der Waals surface area contributed by atoms with Gasteiger partial charge in [-0.15, -0.1) is 0 Å². The lowest BCUT2D eigenvalue weighted by Gasteiger charge is -2.25. The first kappa shape index (κ1) is 13.1. The van der Waals surface area contributed by atoms with Crippen molar-refractivity contribution < 1.29 is 28.5 Å². The van der Waals surface area contributed by atoms with Gasteiger partial charge in [-0.2, -0.15) is 0 Å². The molecule has 3 fully saturated rings. The van der Waals surface area contributed by atoms with Crippen LogP contribution in [0.2, 0.25) is 0 Å². The maximum atomic E-state index is 11.1. The maximum Gasteiger partial charge on any atom is 0.406 e. The Balaban J connectivity index is 1.62. The van der Waals surface area contributed by atoms with Crippen molar-refractivity contribution in [3.8, 4) is 0 Å². The molecule has 3 rings (SSSR count). The van der Waals surface area contributed by atoms with E-state index in [9.17, 15) is 4.79 Å². The second kappa shape index (κ2) is 4.59. The maximum absolute atomic E-state index is 11.1. The summed E-state index contributed by atoms with van der Waals surface area (Å²) in [7, 11) is 3.09. The van der Waals surface area contributed by atoms with Crippen molar-refractivity contribution in [3.05, 3.63) is 0 Å². The normalized spacial score (nSPS) is 47.2. The number of hydrogen-bond donors (Lipinski definition) is 1. The summed E-state index contributed by atoms with van der Waals surface area (Å²) in [5.41, 5.74) is 0. The van der Waals surface area contributed by atoms with Gasteiger partial charge in [0.25, 0.3) is 5.97 Å². The van der Waals surface area contributed by atoms with Crippen LogP contribution in [-0.4, -0.2) is 57.2 Å². The van der Waals surface area contributed by atoms with Crippen molar-refractivity contribution in [2.75, 3.05) is 20.8 Å². The SMILES string of the molecule is CNC(=O)OCC1CC2O[C@@H]1[C@H]1OC(C)(OC)OC21. The Bertz CT molecular complexity index is 377. The van der Waals surface area contributed by atoms with Crippen LogP contribution >= 0.6 is 0 Å². The number of rotatable bonds is 3. The largest absolute Gasteiger partial charge is 0.449 e. The standard InChI is InChI=1S/C12H19NO6/c1-12(15-3)18-9-7-4-6(5-16-11(14)13-2)8(17-7)10(9)19-12/h6-10H,4-5H2,1-3H3,(H,13,14)/t6?,7?,8-,9?,10+,12?/m0/s1. The van der Waals surface area contributed by atoms with Crippen molar-refractivity contribution in [1.82, 2.24) is 5.32 Å². The molecular formula is C12H19NO6. The van der Waals surface area contributed by atoms with Crippen molar-refractivity contribution >= 4 is 6.09 Å². The van der Waals surface area contributed by atoms with Gasteiger partial charge in [0, 0.05) is 27.0 Å². The Morgan fingerprint density at radius 1 is 1.37 bits per heavy atom. The quantitative estimate of drug-likeness (QED) is 0.793. The van der Waals surface area contributed by atoms with Gasteiger partial charge in [-0.3, -0.25) is 0 Å². The number of ether oxygens (including phenoxy) is 5. The molecule has 7 heteroatoms. The van der Waals surface area contributed by atoms with Crippen LogP contribution in [0.3, 0.4) is 0 Å². The lowest BCUT2D eigenvalue weighted by atomic mass is 9.86. The molecule has 0 aromatic rings. The zero-order valence-electron chi connectivity index (χ0n) is 11.3. The molecule has 0 radical (unpaired) electrons. The van der Waals surface area contributed by atoms with E-state index in [0.717, 1.165) is 6.42 Å². The Morgan fingerprint density at radius 3 is 2.79 bits per heavy atom. The monoisotopic (exact) mass is 273 g/mol. The molecule has 0 saturated carbocycles. The minimum atomic E-state index is -0.994. The number of nitrogens with one attached hydrogen (secondary N) is 1. The van der Waals surface area contributed by atoms with E-state index < -0.39 is 12.1 Å². The molecule has 108 valence electrons. The predicted molar refractivity (Wildman–Crippen MR) is 62.3 cm³/mol. The highest BCUT2D eigenvalue weighted by Crippen LogP contribution is 2.48. The first-order chi connectivity index (χ1) is 9.06. The molecule has 0 aliphatic carbocycles. The Labute approximate surface area is 111 Å². The van der Waals surface area contributed by atoms with Gasteiger partial charge in [0.05, 0.1) is 18.8 Å². The van der Waals surface area contributed by atoms with E-state index in [1.54, 1.807) is 14.0 Å². The average Bonchev–Trinajstić information content (AvgIpc) is 3.05. The van der Waals surface area contributed by atoms with Gasteiger partial charge in [0.15, 0.2) is 0 Å². The molecule has 3 aliphatic rings. The fourth-order valence-corrected chi connectivity index (χ4v) is 3.07. The van der Waals surface area contributed by atoms with Crippen molar-refractivity contribution in [1.29, 1.82) is 0 Å². The summed E-state index contributed by atoms with van der Waals surface area (Å²) in [6, 6.07) is 0. The number of alkyl carbamates (subject to hydrolysis) is 1. The molecule has 7 nitrogen and oxygen atoms in total. The number of fused-ring (bicyclic) bond motifs is 5. The van der Waals surface area contributed by atoms with E-state index >= 15 is 0 Å². The first-order valence-corrected chi connectivity index (χ1v) is 6.47. The average molecular weight is 273 g/mol. The van der Waals surface area contributed by atoms with E-state index in [0.29, 0.717) is 6.61 Å². The topological polar surface area (TPSA) is 75.3 Å². The third-order valence-corrected chi connectivity index (χ3v) is 4.05.